The Morgan fingerprint density at radius 2 is 2.17 bits per heavy atom. The van der Waals surface area contributed by atoms with Gasteiger partial charge in [-0.25, -0.2) is 10.4 Å². The van der Waals surface area contributed by atoms with Crippen molar-refractivity contribution in [3.8, 4) is 0 Å². The molecule has 2 aromatic carbocycles. The van der Waals surface area contributed by atoms with E-state index in [-0.39, 0.29) is 23.7 Å². The first-order valence-corrected chi connectivity index (χ1v) is 10.3. The van der Waals surface area contributed by atoms with Crippen LogP contribution in [-0.2, 0) is 10.5 Å². The van der Waals surface area contributed by atoms with Gasteiger partial charge in [-0.1, -0.05) is 41.6 Å². The fourth-order valence-corrected chi connectivity index (χ4v) is 4.40. The van der Waals surface area contributed by atoms with Crippen LogP contribution in [0.4, 0.5) is 11.4 Å². The lowest BCUT2D eigenvalue weighted by molar-refractivity contribution is -0.384. The second kappa shape index (κ2) is 8.11. The first-order chi connectivity index (χ1) is 13.9. The summed E-state index contributed by atoms with van der Waals surface area (Å²) >= 11 is 7.64. The van der Waals surface area contributed by atoms with Crippen molar-refractivity contribution in [1.82, 2.24) is 10.9 Å². The molecule has 2 unspecified atom stereocenters. The SMILES string of the molecule is Cc1ccc(N2C(=O)C3CNNC3N=C2SCc2cccc([N+](=O)[O-])c2)cc1Cl. The topological polar surface area (TPSA) is 99.9 Å². The molecule has 29 heavy (non-hydrogen) atoms. The summed E-state index contributed by atoms with van der Waals surface area (Å²) in [7, 11) is 0. The minimum atomic E-state index is -0.421. The first-order valence-electron chi connectivity index (χ1n) is 8.96. The van der Waals surface area contributed by atoms with E-state index in [1.54, 1.807) is 17.0 Å². The number of fused-ring (bicyclic) bond motifs is 1. The quantitative estimate of drug-likeness (QED) is 0.569. The van der Waals surface area contributed by atoms with E-state index in [4.69, 9.17) is 16.6 Å². The van der Waals surface area contributed by atoms with E-state index < -0.39 is 4.92 Å². The fourth-order valence-electron chi connectivity index (χ4n) is 3.24. The summed E-state index contributed by atoms with van der Waals surface area (Å²) < 4.78 is 0. The van der Waals surface area contributed by atoms with Gasteiger partial charge in [0.25, 0.3) is 5.69 Å². The van der Waals surface area contributed by atoms with Gasteiger partial charge >= 0.3 is 0 Å². The molecule has 0 saturated carbocycles. The maximum absolute atomic E-state index is 13.2. The number of hydrazine groups is 1. The minimum absolute atomic E-state index is 0.0358. The molecule has 0 radical (unpaired) electrons. The van der Waals surface area contributed by atoms with Crippen molar-refractivity contribution in [3.05, 3.63) is 68.7 Å². The van der Waals surface area contributed by atoms with Crippen LogP contribution in [-0.4, -0.2) is 28.7 Å². The van der Waals surface area contributed by atoms with Crippen LogP contribution in [0.3, 0.4) is 0 Å². The number of nitrogens with zero attached hydrogens (tertiary/aromatic N) is 3. The van der Waals surface area contributed by atoms with E-state index >= 15 is 0 Å². The highest BCUT2D eigenvalue weighted by molar-refractivity contribution is 8.13. The lowest BCUT2D eigenvalue weighted by Gasteiger charge is -2.32. The molecule has 0 aromatic heterocycles. The molecule has 2 atom stereocenters. The number of nitro groups is 1. The summed E-state index contributed by atoms with van der Waals surface area (Å²) in [6.07, 6.45) is -0.340. The number of amidine groups is 1. The van der Waals surface area contributed by atoms with Crippen LogP contribution < -0.4 is 15.8 Å². The largest absolute Gasteiger partial charge is 0.274 e. The van der Waals surface area contributed by atoms with Crippen LogP contribution in [0.1, 0.15) is 11.1 Å². The number of hydrogen-bond acceptors (Lipinski definition) is 7. The van der Waals surface area contributed by atoms with Gasteiger partial charge in [0, 0.05) is 29.5 Å². The molecule has 1 fully saturated rings. The summed E-state index contributed by atoms with van der Waals surface area (Å²) in [4.78, 5) is 30.1. The van der Waals surface area contributed by atoms with E-state index in [2.05, 4.69) is 10.9 Å². The van der Waals surface area contributed by atoms with E-state index in [9.17, 15) is 14.9 Å². The van der Waals surface area contributed by atoms with Crippen molar-refractivity contribution in [2.24, 2.45) is 10.9 Å². The van der Waals surface area contributed by atoms with E-state index in [0.29, 0.717) is 28.2 Å². The molecule has 2 N–H and O–H groups in total. The summed E-state index contributed by atoms with van der Waals surface area (Å²) in [5.74, 6) is 0.0653. The predicted molar refractivity (Wildman–Crippen MR) is 114 cm³/mol. The molecule has 2 aromatic rings. The van der Waals surface area contributed by atoms with Crippen LogP contribution in [0.15, 0.2) is 47.5 Å². The summed E-state index contributed by atoms with van der Waals surface area (Å²) in [6.45, 7) is 2.39. The zero-order valence-corrected chi connectivity index (χ0v) is 17.0. The van der Waals surface area contributed by atoms with Crippen LogP contribution in [0.25, 0.3) is 0 Å². The second-order valence-corrected chi connectivity index (χ2v) is 8.16. The Hall–Kier alpha value is -2.46. The van der Waals surface area contributed by atoms with Crippen LogP contribution in [0.5, 0.6) is 0 Å². The number of non-ortho nitro benzene ring substituents is 1. The number of hydrogen-bond donors (Lipinski definition) is 2. The highest BCUT2D eigenvalue weighted by Gasteiger charge is 2.42. The van der Waals surface area contributed by atoms with Gasteiger partial charge in [-0.15, -0.1) is 0 Å². The fraction of sp³-hybridized carbons (Fsp3) is 0.263. The first kappa shape index (κ1) is 19.8. The molecular weight excluding hydrogens is 414 g/mol. The number of nitrogens with one attached hydrogen (secondary N) is 2. The zero-order chi connectivity index (χ0) is 20.5. The molecule has 2 heterocycles. The molecular formula is C19H18ClN5O3S. The molecule has 2 aliphatic rings. The third kappa shape index (κ3) is 3.99. The van der Waals surface area contributed by atoms with Gasteiger partial charge in [-0.2, -0.15) is 0 Å². The van der Waals surface area contributed by atoms with Crippen LogP contribution in [0, 0.1) is 23.0 Å². The van der Waals surface area contributed by atoms with Crippen molar-refractivity contribution < 1.29 is 9.72 Å². The number of amides is 1. The summed E-state index contributed by atoms with van der Waals surface area (Å²) in [5, 5.41) is 12.1. The lowest BCUT2D eigenvalue weighted by Crippen LogP contribution is -2.49. The number of nitro benzene ring substituents is 1. The van der Waals surface area contributed by atoms with Gasteiger partial charge in [-0.3, -0.25) is 25.2 Å². The number of aliphatic imine (C=N–C) groups is 1. The minimum Gasteiger partial charge on any atom is -0.274 e. The number of aryl methyl sites for hydroxylation is 1. The number of halogens is 1. The number of thioether (sulfide) groups is 1. The maximum atomic E-state index is 13.2. The van der Waals surface area contributed by atoms with Gasteiger partial charge in [0.2, 0.25) is 5.91 Å². The predicted octanol–water partition coefficient (Wildman–Crippen LogP) is 3.24. The monoisotopic (exact) mass is 431 g/mol. The molecule has 1 saturated heterocycles. The molecule has 0 aliphatic carbocycles. The van der Waals surface area contributed by atoms with Crippen molar-refractivity contribution in [2.45, 2.75) is 18.8 Å². The van der Waals surface area contributed by atoms with Crippen molar-refractivity contribution in [1.29, 1.82) is 0 Å². The smallest absolute Gasteiger partial charge is 0.269 e. The average Bonchev–Trinajstić information content (AvgIpc) is 3.18. The zero-order valence-electron chi connectivity index (χ0n) is 15.5. The summed E-state index contributed by atoms with van der Waals surface area (Å²) in [6, 6.07) is 11.9. The number of carbonyl (C=O) groups excluding carboxylic acids is 1. The Kier molecular flexibility index (Phi) is 5.55. The highest BCUT2D eigenvalue weighted by Crippen LogP contribution is 2.32. The van der Waals surface area contributed by atoms with Gasteiger partial charge in [-0.05, 0) is 30.2 Å². The van der Waals surface area contributed by atoms with Crippen molar-refractivity contribution in [3.63, 3.8) is 0 Å². The maximum Gasteiger partial charge on any atom is 0.269 e. The summed E-state index contributed by atoms with van der Waals surface area (Å²) in [5.41, 5.74) is 8.40. The molecule has 0 spiro atoms. The van der Waals surface area contributed by atoms with Gasteiger partial charge in [0.05, 0.1) is 16.5 Å². The van der Waals surface area contributed by atoms with Crippen molar-refractivity contribution >= 4 is 45.8 Å². The third-order valence-electron chi connectivity index (χ3n) is 4.83. The lowest BCUT2D eigenvalue weighted by atomic mass is 10.0. The van der Waals surface area contributed by atoms with Crippen molar-refractivity contribution in [2.75, 3.05) is 11.4 Å². The van der Waals surface area contributed by atoms with E-state index in [1.165, 1.54) is 23.9 Å². The Labute approximate surface area is 176 Å². The Morgan fingerprint density at radius 3 is 2.93 bits per heavy atom. The Balaban J connectivity index is 1.64. The molecule has 150 valence electrons. The van der Waals surface area contributed by atoms with Crippen LogP contribution in [0.2, 0.25) is 5.02 Å². The third-order valence-corrected chi connectivity index (χ3v) is 6.27. The number of rotatable bonds is 4. The molecule has 0 bridgehead atoms. The van der Waals surface area contributed by atoms with E-state index in [1.807, 2.05) is 25.1 Å². The molecule has 4 rings (SSSR count). The molecule has 10 heteroatoms. The Bertz CT molecular complexity index is 1020. The number of carbonyl (C=O) groups is 1. The number of anilines is 1. The molecule has 8 nitrogen and oxygen atoms in total. The second-order valence-electron chi connectivity index (χ2n) is 6.81. The van der Waals surface area contributed by atoms with Gasteiger partial charge < -0.3 is 0 Å². The highest BCUT2D eigenvalue weighted by atomic mass is 35.5. The van der Waals surface area contributed by atoms with Crippen LogP contribution >= 0.6 is 23.4 Å². The van der Waals surface area contributed by atoms with Gasteiger partial charge in [0.1, 0.15) is 6.17 Å². The van der Waals surface area contributed by atoms with Gasteiger partial charge in [0.15, 0.2) is 5.17 Å². The molecule has 1 amide bonds. The molecule has 2 aliphatic heterocycles. The Morgan fingerprint density at radius 1 is 1.34 bits per heavy atom. The van der Waals surface area contributed by atoms with E-state index in [0.717, 1.165) is 11.1 Å². The number of benzene rings is 2. The standard InChI is InChI=1S/C19H18ClN5O3S/c1-11-5-6-13(8-16(11)20)24-18(26)15-9-21-23-17(15)22-19(24)29-10-12-3-2-4-14(7-12)25(27)28/h2-8,15,17,21,23H,9-10H2,1H3. The normalized spacial score (nSPS) is 21.1. The average molecular weight is 432 g/mol.